The molecule has 0 spiro atoms. The van der Waals surface area contributed by atoms with E-state index in [2.05, 4.69) is 6.92 Å². The molecule has 19 heavy (non-hydrogen) atoms. The zero-order chi connectivity index (χ0) is 13.4. The van der Waals surface area contributed by atoms with Gasteiger partial charge in [0.05, 0.1) is 19.9 Å². The lowest BCUT2D eigenvalue weighted by Gasteiger charge is -2.31. The van der Waals surface area contributed by atoms with E-state index in [0.717, 1.165) is 0 Å². The number of rotatable bonds is 2. The number of amides is 2. The summed E-state index contributed by atoms with van der Waals surface area (Å²) in [7, 11) is -0.606. The highest BCUT2D eigenvalue weighted by molar-refractivity contribution is 6.61. The van der Waals surface area contributed by atoms with Crippen molar-refractivity contribution in [1.82, 2.24) is 4.90 Å². The van der Waals surface area contributed by atoms with Crippen LogP contribution in [0.5, 0.6) is 0 Å². The van der Waals surface area contributed by atoms with Crippen LogP contribution in [-0.2, 0) is 0 Å². The second-order valence-corrected chi connectivity index (χ2v) is 8.57. The van der Waals surface area contributed by atoms with Gasteiger partial charge < -0.3 is 0 Å². The summed E-state index contributed by atoms with van der Waals surface area (Å²) in [5, 5.41) is 0. The van der Waals surface area contributed by atoms with Gasteiger partial charge in [-0.3, -0.25) is 14.5 Å². The third-order valence-electron chi connectivity index (χ3n) is 4.30. The maximum absolute atomic E-state index is 12.4. The minimum atomic E-state index is -0.606. The Morgan fingerprint density at radius 3 is 2.05 bits per heavy atom. The van der Waals surface area contributed by atoms with Crippen molar-refractivity contribution < 1.29 is 9.59 Å². The van der Waals surface area contributed by atoms with Gasteiger partial charge in [0.2, 0.25) is 0 Å². The minimum absolute atomic E-state index is 0.0869. The maximum atomic E-state index is 12.4. The Morgan fingerprint density at radius 2 is 1.53 bits per heavy atom. The number of hydrogen-bond acceptors (Lipinski definition) is 2. The van der Waals surface area contributed by atoms with Gasteiger partial charge in [0, 0.05) is 5.67 Å². The molecule has 0 bridgehead atoms. The molecule has 99 valence electrons. The number of nitrogens with zero attached hydrogens (tertiary/aromatic N) is 1. The Hall–Kier alpha value is -1.42. The van der Waals surface area contributed by atoms with Crippen molar-refractivity contribution in [2.24, 2.45) is 0 Å². The molecule has 2 amide bonds. The Bertz CT molecular complexity index is 488. The molecule has 0 N–H and O–H groups in total. The first-order valence-electron chi connectivity index (χ1n) is 7.01. The van der Waals surface area contributed by atoms with E-state index in [1.807, 2.05) is 12.1 Å². The van der Waals surface area contributed by atoms with Crippen LogP contribution in [0.4, 0.5) is 0 Å². The van der Waals surface area contributed by atoms with E-state index in [1.165, 1.54) is 36.3 Å². The first kappa shape index (κ1) is 12.6. The molecule has 3 rings (SSSR count). The molecule has 2 aliphatic rings. The molecule has 0 aromatic heterocycles. The summed E-state index contributed by atoms with van der Waals surface area (Å²) in [4.78, 5) is 26.4. The van der Waals surface area contributed by atoms with Crippen molar-refractivity contribution >= 4 is 20.6 Å². The molecule has 0 aliphatic carbocycles. The average Bonchev–Trinajstić information content (AvgIpc) is 2.72. The molecule has 1 fully saturated rings. The second kappa shape index (κ2) is 4.93. The molecular weight excluding hydrogens is 254 g/mol. The Morgan fingerprint density at radius 1 is 1.00 bits per heavy atom. The number of hydrogen-bond donors (Lipinski definition) is 0. The normalized spacial score (nSPS) is 21.6. The van der Waals surface area contributed by atoms with Gasteiger partial charge in [0.1, 0.15) is 0 Å². The SMILES string of the molecule is CC(N1C(=O)c2ccccc2C1=O)[Si]1CCCCC1. The van der Waals surface area contributed by atoms with Crippen LogP contribution in [0.3, 0.4) is 0 Å². The van der Waals surface area contributed by atoms with Crippen LogP contribution in [0.2, 0.25) is 12.1 Å². The van der Waals surface area contributed by atoms with Crippen LogP contribution in [0.25, 0.3) is 0 Å². The fourth-order valence-corrected chi connectivity index (χ4v) is 6.26. The summed E-state index contributed by atoms with van der Waals surface area (Å²) in [6.45, 7) is 2.07. The smallest absolute Gasteiger partial charge is 0.261 e. The fraction of sp³-hybridized carbons (Fsp3) is 0.467. The van der Waals surface area contributed by atoms with E-state index >= 15 is 0 Å². The van der Waals surface area contributed by atoms with Crippen LogP contribution in [0, 0.1) is 0 Å². The lowest BCUT2D eigenvalue weighted by molar-refractivity contribution is 0.0637. The van der Waals surface area contributed by atoms with Gasteiger partial charge in [0.25, 0.3) is 11.8 Å². The van der Waals surface area contributed by atoms with Gasteiger partial charge in [-0.15, -0.1) is 0 Å². The molecule has 0 saturated carbocycles. The van der Waals surface area contributed by atoms with E-state index in [1.54, 1.807) is 12.1 Å². The maximum Gasteiger partial charge on any atom is 0.261 e. The largest absolute Gasteiger partial charge is 0.275 e. The Balaban J connectivity index is 1.87. The van der Waals surface area contributed by atoms with E-state index < -0.39 is 8.80 Å². The van der Waals surface area contributed by atoms with Crippen LogP contribution in [-0.4, -0.2) is 31.2 Å². The number of benzene rings is 1. The molecule has 2 aliphatic heterocycles. The van der Waals surface area contributed by atoms with Crippen molar-refractivity contribution in [2.75, 3.05) is 0 Å². The molecule has 1 aromatic rings. The van der Waals surface area contributed by atoms with E-state index in [0.29, 0.717) is 11.1 Å². The quantitative estimate of drug-likeness (QED) is 0.613. The van der Waals surface area contributed by atoms with Gasteiger partial charge in [-0.25, -0.2) is 0 Å². The monoisotopic (exact) mass is 272 g/mol. The van der Waals surface area contributed by atoms with Crippen LogP contribution >= 0.6 is 0 Å². The first-order chi connectivity index (χ1) is 9.20. The summed E-state index contributed by atoms with van der Waals surface area (Å²) >= 11 is 0. The van der Waals surface area contributed by atoms with E-state index in [4.69, 9.17) is 0 Å². The van der Waals surface area contributed by atoms with Gasteiger partial charge in [0.15, 0.2) is 0 Å². The molecule has 3 nitrogen and oxygen atoms in total. The summed E-state index contributed by atoms with van der Waals surface area (Å²) in [5.74, 6) is -0.174. The van der Waals surface area contributed by atoms with Crippen molar-refractivity contribution in [3.8, 4) is 0 Å². The zero-order valence-corrected chi connectivity index (χ0v) is 12.2. The molecule has 1 aromatic carbocycles. The molecule has 1 unspecified atom stereocenters. The highest BCUT2D eigenvalue weighted by Gasteiger charge is 2.41. The van der Waals surface area contributed by atoms with Crippen LogP contribution < -0.4 is 0 Å². The van der Waals surface area contributed by atoms with Crippen molar-refractivity contribution in [1.29, 1.82) is 0 Å². The molecule has 2 heterocycles. The molecule has 4 heteroatoms. The number of carbonyl (C=O) groups is 2. The fourth-order valence-electron chi connectivity index (χ4n) is 3.17. The number of imide groups is 1. The van der Waals surface area contributed by atoms with E-state index in [-0.39, 0.29) is 17.5 Å². The summed E-state index contributed by atoms with van der Waals surface area (Å²) in [6, 6.07) is 9.65. The van der Waals surface area contributed by atoms with Gasteiger partial charge in [-0.2, -0.15) is 0 Å². The van der Waals surface area contributed by atoms with Crippen molar-refractivity contribution in [2.45, 2.75) is 43.9 Å². The highest BCUT2D eigenvalue weighted by atomic mass is 28.3. The lowest BCUT2D eigenvalue weighted by atomic mass is 10.1. The van der Waals surface area contributed by atoms with E-state index in [9.17, 15) is 9.59 Å². The van der Waals surface area contributed by atoms with Crippen LogP contribution in [0.15, 0.2) is 24.3 Å². The molecule has 1 saturated heterocycles. The lowest BCUT2D eigenvalue weighted by Crippen LogP contribution is -2.47. The molecule has 1 atom stereocenters. The molecule has 1 radical (unpaired) electrons. The first-order valence-corrected chi connectivity index (χ1v) is 9.01. The average molecular weight is 272 g/mol. The van der Waals surface area contributed by atoms with Gasteiger partial charge in [-0.05, 0) is 19.1 Å². The summed E-state index contributed by atoms with van der Waals surface area (Å²) in [5.41, 5.74) is 1.29. The van der Waals surface area contributed by atoms with Crippen molar-refractivity contribution in [3.05, 3.63) is 35.4 Å². The van der Waals surface area contributed by atoms with Crippen molar-refractivity contribution in [3.63, 3.8) is 0 Å². The predicted octanol–water partition coefficient (Wildman–Crippen LogP) is 2.89. The number of fused-ring (bicyclic) bond motifs is 1. The Kier molecular flexibility index (Phi) is 3.27. The predicted molar refractivity (Wildman–Crippen MR) is 75.6 cm³/mol. The zero-order valence-electron chi connectivity index (χ0n) is 11.2. The standard InChI is InChI=1S/C15H18NO2Si/c1-11(19-9-5-2-6-10-19)16-14(17)12-7-3-4-8-13(12)15(16)18/h3-4,7-8,11H,2,5-6,9-10H2,1H3. The van der Waals surface area contributed by atoms with Gasteiger partial charge >= 0.3 is 0 Å². The summed E-state index contributed by atoms with van der Waals surface area (Å²) < 4.78 is 0. The van der Waals surface area contributed by atoms with Gasteiger partial charge in [-0.1, -0.05) is 43.5 Å². The third-order valence-corrected chi connectivity index (χ3v) is 7.73. The third kappa shape index (κ3) is 2.04. The highest BCUT2D eigenvalue weighted by Crippen LogP contribution is 2.29. The van der Waals surface area contributed by atoms with Crippen LogP contribution in [0.1, 0.15) is 46.9 Å². The minimum Gasteiger partial charge on any atom is -0.275 e. The Labute approximate surface area is 115 Å². The second-order valence-electron chi connectivity index (χ2n) is 5.42. The topological polar surface area (TPSA) is 37.4 Å². The summed E-state index contributed by atoms with van der Waals surface area (Å²) in [6.07, 6.45) is 3.84. The molecular formula is C15H18NO2Si. The number of carbonyl (C=O) groups excluding carboxylic acids is 2.